The molecule has 148 valence electrons. The summed E-state index contributed by atoms with van der Waals surface area (Å²) in [5, 5.41) is 2.79. The molecule has 0 aromatic heterocycles. The van der Waals surface area contributed by atoms with Gasteiger partial charge in [0.05, 0.1) is 11.4 Å². The fourth-order valence-corrected chi connectivity index (χ4v) is 3.64. The smallest absolute Gasteiger partial charge is 0.414 e. The van der Waals surface area contributed by atoms with Crippen molar-refractivity contribution in [2.24, 2.45) is 0 Å². The van der Waals surface area contributed by atoms with Gasteiger partial charge in [-0.05, 0) is 42.0 Å². The number of amides is 2. The highest BCUT2D eigenvalue weighted by atomic mass is 32.2. The third-order valence-electron chi connectivity index (χ3n) is 4.33. The van der Waals surface area contributed by atoms with Gasteiger partial charge in [0, 0.05) is 31.9 Å². The Labute approximate surface area is 163 Å². The van der Waals surface area contributed by atoms with Crippen LogP contribution in [-0.2, 0) is 21.3 Å². The lowest BCUT2D eigenvalue weighted by Crippen LogP contribution is -2.25. The first-order valence-corrected chi connectivity index (χ1v) is 10.1. The maximum absolute atomic E-state index is 12.4. The number of cyclic esters (lactones) is 1. The van der Waals surface area contributed by atoms with Crippen molar-refractivity contribution < 1.29 is 22.7 Å². The molecule has 0 bridgehead atoms. The van der Waals surface area contributed by atoms with Crippen molar-refractivity contribution in [3.63, 3.8) is 0 Å². The van der Waals surface area contributed by atoms with E-state index in [4.69, 9.17) is 4.74 Å². The molecule has 28 heavy (non-hydrogen) atoms. The summed E-state index contributed by atoms with van der Waals surface area (Å²) >= 11 is 0. The summed E-state index contributed by atoms with van der Waals surface area (Å²) in [5.41, 5.74) is 1.90. The second kappa shape index (κ2) is 7.99. The number of nitrogens with zero attached hydrogens (tertiary/aromatic N) is 2. The third-order valence-corrected chi connectivity index (χ3v) is 6.16. The van der Waals surface area contributed by atoms with Crippen molar-refractivity contribution in [2.45, 2.75) is 11.4 Å². The summed E-state index contributed by atoms with van der Waals surface area (Å²) in [6, 6.07) is 13.0. The summed E-state index contributed by atoms with van der Waals surface area (Å²) < 4.78 is 30.2. The topological polar surface area (TPSA) is 96.0 Å². The van der Waals surface area contributed by atoms with Crippen LogP contribution in [0.5, 0.6) is 0 Å². The lowest BCUT2D eigenvalue weighted by atomic mass is 10.1. The Morgan fingerprint density at radius 3 is 2.50 bits per heavy atom. The first-order chi connectivity index (χ1) is 13.3. The summed E-state index contributed by atoms with van der Waals surface area (Å²) in [6.45, 7) is 1.13. The number of hydrogen-bond donors (Lipinski definition) is 1. The van der Waals surface area contributed by atoms with Crippen LogP contribution in [0.1, 0.15) is 15.9 Å². The fraction of sp³-hybridized carbons (Fsp3) is 0.263. The molecular formula is C19H21N3O5S. The minimum absolute atomic E-state index is 0.124. The quantitative estimate of drug-likeness (QED) is 0.794. The van der Waals surface area contributed by atoms with Crippen molar-refractivity contribution in [1.82, 2.24) is 9.62 Å². The highest BCUT2D eigenvalue weighted by molar-refractivity contribution is 7.89. The molecule has 1 fully saturated rings. The van der Waals surface area contributed by atoms with Gasteiger partial charge in [-0.15, -0.1) is 0 Å². The van der Waals surface area contributed by atoms with Gasteiger partial charge < -0.3 is 10.1 Å². The molecule has 2 amide bonds. The number of carbonyl (C=O) groups is 2. The first-order valence-electron chi connectivity index (χ1n) is 8.63. The Hall–Kier alpha value is -2.91. The third kappa shape index (κ3) is 4.15. The average Bonchev–Trinajstić information content (AvgIpc) is 3.12. The number of sulfonamides is 1. The van der Waals surface area contributed by atoms with E-state index < -0.39 is 10.0 Å². The maximum Gasteiger partial charge on any atom is 0.414 e. The molecule has 0 radical (unpaired) electrons. The molecule has 3 rings (SSSR count). The Morgan fingerprint density at radius 1 is 1.18 bits per heavy atom. The standard InChI is InChI=1S/C19H21N3O5S/c1-21(2)28(25,26)17-8-6-15(7-9-17)18(23)20-13-14-4-3-5-16(12-14)22-10-11-27-19(22)24/h3-9,12H,10-11,13H2,1-2H3,(H,20,23). The van der Waals surface area contributed by atoms with E-state index in [-0.39, 0.29) is 23.4 Å². The number of carbonyl (C=O) groups excluding carboxylic acids is 2. The van der Waals surface area contributed by atoms with Gasteiger partial charge in [0.15, 0.2) is 0 Å². The Kier molecular flexibility index (Phi) is 5.66. The summed E-state index contributed by atoms with van der Waals surface area (Å²) in [4.78, 5) is 25.7. The van der Waals surface area contributed by atoms with E-state index in [2.05, 4.69) is 5.32 Å². The van der Waals surface area contributed by atoms with E-state index in [1.807, 2.05) is 24.3 Å². The number of ether oxygens (including phenoxy) is 1. The van der Waals surface area contributed by atoms with Crippen LogP contribution in [0.25, 0.3) is 0 Å². The zero-order valence-electron chi connectivity index (χ0n) is 15.6. The van der Waals surface area contributed by atoms with E-state index in [1.165, 1.54) is 43.3 Å². The molecule has 1 saturated heterocycles. The van der Waals surface area contributed by atoms with Gasteiger partial charge >= 0.3 is 6.09 Å². The van der Waals surface area contributed by atoms with E-state index in [0.717, 1.165) is 9.87 Å². The van der Waals surface area contributed by atoms with Gasteiger partial charge in [0.1, 0.15) is 6.61 Å². The number of nitrogens with one attached hydrogen (secondary N) is 1. The molecule has 9 heteroatoms. The second-order valence-electron chi connectivity index (χ2n) is 6.43. The minimum atomic E-state index is -3.53. The van der Waals surface area contributed by atoms with Crippen molar-refractivity contribution in [2.75, 3.05) is 32.1 Å². The van der Waals surface area contributed by atoms with Crippen LogP contribution in [0.15, 0.2) is 53.4 Å². The molecule has 0 saturated carbocycles. The van der Waals surface area contributed by atoms with Crippen molar-refractivity contribution in [1.29, 1.82) is 0 Å². The lowest BCUT2D eigenvalue weighted by molar-refractivity contribution is 0.0950. The van der Waals surface area contributed by atoms with Crippen LogP contribution >= 0.6 is 0 Å². The number of anilines is 1. The maximum atomic E-state index is 12.4. The monoisotopic (exact) mass is 403 g/mol. The zero-order valence-corrected chi connectivity index (χ0v) is 16.4. The molecule has 2 aromatic rings. The molecular weight excluding hydrogens is 382 g/mol. The van der Waals surface area contributed by atoms with Gasteiger partial charge in [0.2, 0.25) is 10.0 Å². The van der Waals surface area contributed by atoms with E-state index in [1.54, 1.807) is 0 Å². The van der Waals surface area contributed by atoms with Crippen LogP contribution in [0.3, 0.4) is 0 Å². The summed E-state index contributed by atoms with van der Waals surface area (Å²) in [6.07, 6.45) is -0.381. The predicted molar refractivity (Wildman–Crippen MR) is 104 cm³/mol. The van der Waals surface area contributed by atoms with E-state index in [9.17, 15) is 18.0 Å². The summed E-state index contributed by atoms with van der Waals surface area (Å²) in [7, 11) is -0.632. The molecule has 0 aliphatic carbocycles. The van der Waals surface area contributed by atoms with Gasteiger partial charge in [0.25, 0.3) is 5.91 Å². The molecule has 8 nitrogen and oxygen atoms in total. The van der Waals surface area contributed by atoms with Crippen LogP contribution in [0.2, 0.25) is 0 Å². The first kappa shape index (κ1) is 19.8. The zero-order chi connectivity index (χ0) is 20.3. The molecule has 0 spiro atoms. The highest BCUT2D eigenvalue weighted by Crippen LogP contribution is 2.20. The minimum Gasteiger partial charge on any atom is -0.447 e. The van der Waals surface area contributed by atoms with Crippen LogP contribution in [0, 0.1) is 0 Å². The largest absolute Gasteiger partial charge is 0.447 e. The number of benzene rings is 2. The molecule has 1 aliphatic heterocycles. The van der Waals surface area contributed by atoms with Crippen molar-refractivity contribution >= 4 is 27.7 Å². The van der Waals surface area contributed by atoms with Crippen molar-refractivity contribution in [3.8, 4) is 0 Å². The molecule has 1 N–H and O–H groups in total. The summed E-state index contributed by atoms with van der Waals surface area (Å²) in [5.74, 6) is -0.320. The van der Waals surface area contributed by atoms with Crippen molar-refractivity contribution in [3.05, 3.63) is 59.7 Å². The van der Waals surface area contributed by atoms with Gasteiger partial charge in [-0.2, -0.15) is 0 Å². The normalized spacial score (nSPS) is 14.2. The number of rotatable bonds is 6. The Balaban J connectivity index is 1.65. The Morgan fingerprint density at radius 2 is 1.89 bits per heavy atom. The SMILES string of the molecule is CN(C)S(=O)(=O)c1ccc(C(=O)NCc2cccc(N3CCOC3=O)c2)cc1. The molecule has 0 unspecified atom stereocenters. The fourth-order valence-electron chi connectivity index (χ4n) is 2.74. The lowest BCUT2D eigenvalue weighted by Gasteiger charge is -2.14. The van der Waals surface area contributed by atoms with Crippen LogP contribution < -0.4 is 10.2 Å². The highest BCUT2D eigenvalue weighted by Gasteiger charge is 2.23. The molecule has 0 atom stereocenters. The molecule has 2 aromatic carbocycles. The van der Waals surface area contributed by atoms with Crippen LogP contribution in [0.4, 0.5) is 10.5 Å². The molecule has 1 aliphatic rings. The second-order valence-corrected chi connectivity index (χ2v) is 8.58. The predicted octanol–water partition coefficient (Wildman–Crippen LogP) is 1.82. The van der Waals surface area contributed by atoms with E-state index in [0.29, 0.717) is 24.4 Å². The van der Waals surface area contributed by atoms with Gasteiger partial charge in [-0.1, -0.05) is 12.1 Å². The van der Waals surface area contributed by atoms with Crippen LogP contribution in [-0.4, -0.2) is 52.0 Å². The average molecular weight is 403 g/mol. The van der Waals surface area contributed by atoms with Gasteiger partial charge in [-0.3, -0.25) is 9.69 Å². The Bertz CT molecular complexity index is 987. The number of hydrogen-bond acceptors (Lipinski definition) is 5. The van der Waals surface area contributed by atoms with E-state index >= 15 is 0 Å². The van der Waals surface area contributed by atoms with Gasteiger partial charge in [-0.25, -0.2) is 17.5 Å². The molecule has 1 heterocycles.